The molecule has 3 nitrogen and oxygen atoms in total. The van der Waals surface area contributed by atoms with E-state index in [2.05, 4.69) is 41.3 Å². The number of nitrogens with zero attached hydrogens (tertiary/aromatic N) is 2. The van der Waals surface area contributed by atoms with Crippen LogP contribution in [-0.4, -0.2) is 28.7 Å². The molecule has 0 radical (unpaired) electrons. The van der Waals surface area contributed by atoms with Gasteiger partial charge in [-0.25, -0.2) is 0 Å². The largest absolute Gasteiger partial charge is 0.396 e. The van der Waals surface area contributed by atoms with Gasteiger partial charge in [-0.2, -0.15) is 5.26 Å². The van der Waals surface area contributed by atoms with Gasteiger partial charge in [-0.3, -0.25) is 4.90 Å². The number of fused-ring (bicyclic) bond motifs is 2. The summed E-state index contributed by atoms with van der Waals surface area (Å²) in [5.74, 6) is 0. The molecule has 128 valence electrons. The predicted octanol–water partition coefficient (Wildman–Crippen LogP) is 3.52. The van der Waals surface area contributed by atoms with Crippen molar-refractivity contribution in [2.75, 3.05) is 6.61 Å². The van der Waals surface area contributed by atoms with Crippen LogP contribution < -0.4 is 0 Å². The van der Waals surface area contributed by atoms with Gasteiger partial charge in [0.05, 0.1) is 18.2 Å². The Bertz CT molecular complexity index is 782. The van der Waals surface area contributed by atoms with Gasteiger partial charge < -0.3 is 5.11 Å². The molecule has 2 aliphatic heterocycles. The highest BCUT2D eigenvalue weighted by atomic mass is 16.3. The Morgan fingerprint density at radius 1 is 1.08 bits per heavy atom. The molecule has 2 bridgehead atoms. The summed E-state index contributed by atoms with van der Waals surface area (Å²) >= 11 is 0. The molecule has 0 spiro atoms. The Morgan fingerprint density at radius 3 is 2.60 bits per heavy atom. The summed E-state index contributed by atoms with van der Waals surface area (Å²) in [4.78, 5) is 2.55. The highest BCUT2D eigenvalue weighted by Crippen LogP contribution is 2.51. The molecule has 0 aromatic heterocycles. The van der Waals surface area contributed by atoms with Gasteiger partial charge in [0.1, 0.15) is 0 Å². The van der Waals surface area contributed by atoms with E-state index in [0.29, 0.717) is 12.1 Å². The Labute approximate surface area is 149 Å². The minimum absolute atomic E-state index is 0.0497. The molecular weight excluding hydrogens is 308 g/mol. The molecule has 3 atom stereocenters. The van der Waals surface area contributed by atoms with Crippen LogP contribution in [0.5, 0.6) is 0 Å². The zero-order valence-electron chi connectivity index (χ0n) is 14.4. The van der Waals surface area contributed by atoms with Gasteiger partial charge in [0.25, 0.3) is 0 Å². The number of hydrogen-bond donors (Lipinski definition) is 1. The Kier molecular flexibility index (Phi) is 4.33. The molecule has 4 rings (SSSR count). The monoisotopic (exact) mass is 332 g/mol. The zero-order valence-corrected chi connectivity index (χ0v) is 14.4. The first-order valence-electron chi connectivity index (χ1n) is 9.14. The maximum atomic E-state index is 10.3. The fourth-order valence-corrected chi connectivity index (χ4v) is 5.04. The molecule has 2 saturated heterocycles. The van der Waals surface area contributed by atoms with Gasteiger partial charge in [-0.1, -0.05) is 48.5 Å². The number of hydrogen-bond acceptors (Lipinski definition) is 3. The smallest absolute Gasteiger partial charge is 0.0995 e. The Hall–Kier alpha value is -2.15. The van der Waals surface area contributed by atoms with E-state index in [1.807, 2.05) is 24.3 Å². The third-order valence-corrected chi connectivity index (χ3v) is 6.20. The van der Waals surface area contributed by atoms with Crippen molar-refractivity contribution in [3.8, 4) is 6.07 Å². The molecule has 2 fully saturated rings. The molecule has 2 aromatic rings. The first-order chi connectivity index (χ1) is 12.3. The first kappa shape index (κ1) is 16.3. The SMILES string of the molecule is N#Cc1ccccc1CN1[C@@H]2CC[C@H]1[C@](CO)(Cc1ccccc1)C2. The highest BCUT2D eigenvalue weighted by molar-refractivity contribution is 5.37. The van der Waals surface area contributed by atoms with E-state index in [1.54, 1.807) is 0 Å². The van der Waals surface area contributed by atoms with Crippen molar-refractivity contribution in [2.45, 2.75) is 44.3 Å². The lowest BCUT2D eigenvalue weighted by Gasteiger charge is -2.36. The quantitative estimate of drug-likeness (QED) is 0.911. The molecule has 25 heavy (non-hydrogen) atoms. The number of nitriles is 1. The Balaban J connectivity index is 1.59. The van der Waals surface area contributed by atoms with Crippen molar-refractivity contribution in [2.24, 2.45) is 5.41 Å². The van der Waals surface area contributed by atoms with E-state index >= 15 is 0 Å². The number of benzene rings is 2. The molecule has 2 heterocycles. The van der Waals surface area contributed by atoms with Crippen molar-refractivity contribution in [1.82, 2.24) is 4.90 Å². The van der Waals surface area contributed by atoms with Crippen LogP contribution in [0, 0.1) is 16.7 Å². The van der Waals surface area contributed by atoms with Gasteiger partial charge in [-0.15, -0.1) is 0 Å². The lowest BCUT2D eigenvalue weighted by Crippen LogP contribution is -2.41. The van der Waals surface area contributed by atoms with Gasteiger partial charge in [0.15, 0.2) is 0 Å². The van der Waals surface area contributed by atoms with E-state index in [-0.39, 0.29) is 12.0 Å². The summed E-state index contributed by atoms with van der Waals surface area (Å²) in [5, 5.41) is 19.7. The standard InChI is InChI=1S/C22H24N2O/c23-14-18-8-4-5-9-19(18)15-24-20-10-11-21(24)22(13-20,16-25)12-17-6-2-1-3-7-17/h1-9,20-21,25H,10-13,15-16H2/t20-,21+,22-/m1/s1. The number of aliphatic hydroxyl groups is 1. The molecule has 2 aliphatic rings. The van der Waals surface area contributed by atoms with Gasteiger partial charge >= 0.3 is 0 Å². The van der Waals surface area contributed by atoms with Crippen molar-refractivity contribution in [3.63, 3.8) is 0 Å². The summed E-state index contributed by atoms with van der Waals surface area (Å²) in [6.07, 6.45) is 4.34. The average Bonchev–Trinajstić information content (AvgIpc) is 3.18. The predicted molar refractivity (Wildman–Crippen MR) is 97.8 cm³/mol. The second kappa shape index (κ2) is 6.63. The summed E-state index contributed by atoms with van der Waals surface area (Å²) < 4.78 is 0. The van der Waals surface area contributed by atoms with Crippen molar-refractivity contribution < 1.29 is 5.11 Å². The minimum atomic E-state index is -0.0497. The van der Waals surface area contributed by atoms with Crippen LogP contribution in [0.1, 0.15) is 36.0 Å². The van der Waals surface area contributed by atoms with E-state index in [9.17, 15) is 10.4 Å². The van der Waals surface area contributed by atoms with Crippen LogP contribution in [0.25, 0.3) is 0 Å². The summed E-state index contributed by atoms with van der Waals surface area (Å²) in [6, 6.07) is 21.7. The molecule has 0 amide bonds. The van der Waals surface area contributed by atoms with E-state index < -0.39 is 0 Å². The molecule has 1 N–H and O–H groups in total. The molecular formula is C22H24N2O. The van der Waals surface area contributed by atoms with Crippen molar-refractivity contribution in [1.29, 1.82) is 5.26 Å². The molecule has 0 aliphatic carbocycles. The summed E-state index contributed by atoms with van der Waals surface area (Å²) in [7, 11) is 0. The van der Waals surface area contributed by atoms with Crippen LogP contribution in [0.4, 0.5) is 0 Å². The summed E-state index contributed by atoms with van der Waals surface area (Å²) in [6.45, 7) is 1.05. The third-order valence-electron chi connectivity index (χ3n) is 6.20. The lowest BCUT2D eigenvalue weighted by molar-refractivity contribution is 0.0750. The van der Waals surface area contributed by atoms with Gasteiger partial charge in [0.2, 0.25) is 0 Å². The first-order valence-corrected chi connectivity index (χ1v) is 9.14. The molecule has 0 unspecified atom stereocenters. The molecule has 3 heteroatoms. The zero-order chi connectivity index (χ0) is 17.3. The normalized spacial score (nSPS) is 28.2. The van der Waals surface area contributed by atoms with E-state index in [1.165, 1.54) is 12.0 Å². The second-order valence-corrected chi connectivity index (χ2v) is 7.58. The summed E-state index contributed by atoms with van der Waals surface area (Å²) in [5.41, 5.74) is 3.13. The van der Waals surface area contributed by atoms with Crippen molar-refractivity contribution >= 4 is 0 Å². The fourth-order valence-electron chi connectivity index (χ4n) is 5.04. The van der Waals surface area contributed by atoms with Crippen LogP contribution in [0.3, 0.4) is 0 Å². The molecule has 0 saturated carbocycles. The van der Waals surface area contributed by atoms with Crippen LogP contribution >= 0.6 is 0 Å². The van der Waals surface area contributed by atoms with Crippen LogP contribution in [-0.2, 0) is 13.0 Å². The number of rotatable bonds is 5. The second-order valence-electron chi connectivity index (χ2n) is 7.58. The minimum Gasteiger partial charge on any atom is -0.396 e. The maximum Gasteiger partial charge on any atom is 0.0995 e. The fraction of sp³-hybridized carbons (Fsp3) is 0.409. The van der Waals surface area contributed by atoms with E-state index in [4.69, 9.17) is 0 Å². The van der Waals surface area contributed by atoms with Gasteiger partial charge in [0, 0.05) is 24.0 Å². The topological polar surface area (TPSA) is 47.3 Å². The maximum absolute atomic E-state index is 10.3. The third kappa shape index (κ3) is 2.86. The van der Waals surface area contributed by atoms with Crippen molar-refractivity contribution in [3.05, 3.63) is 71.3 Å². The Morgan fingerprint density at radius 2 is 1.84 bits per heavy atom. The number of aliphatic hydroxyl groups excluding tert-OH is 1. The lowest BCUT2D eigenvalue weighted by atomic mass is 9.70. The van der Waals surface area contributed by atoms with Crippen LogP contribution in [0.2, 0.25) is 0 Å². The molecule has 2 aromatic carbocycles. The highest BCUT2D eigenvalue weighted by Gasteiger charge is 2.55. The van der Waals surface area contributed by atoms with Crippen LogP contribution in [0.15, 0.2) is 54.6 Å². The van der Waals surface area contributed by atoms with E-state index in [0.717, 1.165) is 36.9 Å². The average molecular weight is 332 g/mol. The van der Waals surface area contributed by atoms with Gasteiger partial charge in [-0.05, 0) is 42.9 Å².